The van der Waals surface area contributed by atoms with Gasteiger partial charge in [0.25, 0.3) is 0 Å². The van der Waals surface area contributed by atoms with Gasteiger partial charge in [0.2, 0.25) is 0 Å². The molecule has 0 amide bonds. The number of hydrogen-bond donors (Lipinski definition) is 1. The molecule has 1 unspecified atom stereocenters. The summed E-state index contributed by atoms with van der Waals surface area (Å²) in [4.78, 5) is 0. The Hall–Kier alpha value is -1.53. The highest BCUT2D eigenvalue weighted by Crippen LogP contribution is 2.27. The average molecular weight is 260 g/mol. The van der Waals surface area contributed by atoms with Gasteiger partial charge in [-0.25, -0.2) is 0 Å². The molecule has 0 aliphatic carbocycles. The maximum Gasteiger partial charge on any atom is 0.123 e. The smallest absolute Gasteiger partial charge is 0.123 e. The molecule has 0 aliphatic heterocycles. The third-order valence-corrected chi connectivity index (χ3v) is 3.45. The summed E-state index contributed by atoms with van der Waals surface area (Å²) in [5.41, 5.74) is 1.88. The van der Waals surface area contributed by atoms with Gasteiger partial charge in [0, 0.05) is 6.42 Å². The van der Waals surface area contributed by atoms with E-state index in [-0.39, 0.29) is 0 Å². The van der Waals surface area contributed by atoms with Crippen molar-refractivity contribution in [3.05, 3.63) is 29.3 Å². The number of aryl methyl sites for hydroxylation is 1. The first-order valence-electron chi connectivity index (χ1n) is 6.75. The van der Waals surface area contributed by atoms with Gasteiger partial charge in [-0.1, -0.05) is 26.0 Å². The van der Waals surface area contributed by atoms with Crippen molar-refractivity contribution in [2.45, 2.75) is 45.6 Å². The van der Waals surface area contributed by atoms with Gasteiger partial charge in [-0.2, -0.15) is 5.26 Å². The van der Waals surface area contributed by atoms with Crippen LogP contribution in [0.3, 0.4) is 0 Å². The Labute approximate surface area is 116 Å². The van der Waals surface area contributed by atoms with Crippen molar-refractivity contribution in [2.24, 2.45) is 0 Å². The second-order valence-electron chi connectivity index (χ2n) is 5.49. The van der Waals surface area contributed by atoms with Crippen molar-refractivity contribution in [3.63, 3.8) is 0 Å². The normalized spacial score (nSPS) is 13.9. The highest BCUT2D eigenvalue weighted by molar-refractivity contribution is 5.39. The molecular weight excluding hydrogens is 236 g/mol. The molecule has 1 N–H and O–H groups in total. The molecule has 1 rings (SSSR count). The maximum absolute atomic E-state index is 9.10. The van der Waals surface area contributed by atoms with E-state index in [2.05, 4.69) is 50.4 Å². The largest absolute Gasteiger partial charge is 0.493 e. The van der Waals surface area contributed by atoms with Gasteiger partial charge >= 0.3 is 0 Å². The lowest BCUT2D eigenvalue weighted by Crippen LogP contribution is -2.39. The lowest BCUT2D eigenvalue weighted by Gasteiger charge is -2.21. The second-order valence-corrected chi connectivity index (χ2v) is 5.49. The van der Waals surface area contributed by atoms with E-state index in [9.17, 15) is 0 Å². The lowest BCUT2D eigenvalue weighted by atomic mass is 10.00. The van der Waals surface area contributed by atoms with Gasteiger partial charge in [-0.05, 0) is 44.0 Å². The Morgan fingerprint density at radius 3 is 2.63 bits per heavy atom. The predicted octanol–water partition coefficient (Wildman–Crippen LogP) is 3.39. The third kappa shape index (κ3) is 4.25. The molecule has 0 aromatic heterocycles. The Kier molecular flexibility index (Phi) is 5.38. The lowest BCUT2D eigenvalue weighted by molar-refractivity contribution is 0.270. The van der Waals surface area contributed by atoms with Crippen LogP contribution in [0, 0.1) is 18.3 Å². The molecular formula is C16H24N2O. The molecule has 0 radical (unpaired) electrons. The van der Waals surface area contributed by atoms with E-state index in [0.717, 1.165) is 5.75 Å². The van der Waals surface area contributed by atoms with E-state index in [4.69, 9.17) is 10.00 Å². The monoisotopic (exact) mass is 260 g/mol. The summed E-state index contributed by atoms with van der Waals surface area (Å²) in [5.74, 6) is 1.37. The van der Waals surface area contributed by atoms with Crippen LogP contribution in [0.1, 0.15) is 44.2 Å². The fourth-order valence-corrected chi connectivity index (χ4v) is 1.85. The number of nitrogens with zero attached hydrogens (tertiary/aromatic N) is 1. The molecule has 0 heterocycles. The third-order valence-electron chi connectivity index (χ3n) is 3.45. The SMILES string of the molecule is CNC(C)(C#N)CCOc1cc(C)ccc1C(C)C. The summed E-state index contributed by atoms with van der Waals surface area (Å²) in [6.45, 7) is 8.79. The first-order chi connectivity index (χ1) is 8.91. The zero-order valence-corrected chi connectivity index (χ0v) is 12.6. The standard InChI is InChI=1S/C16H24N2O/c1-12(2)14-7-6-13(3)10-15(14)19-9-8-16(4,11-17)18-5/h6-7,10,12,18H,8-9H2,1-5H3. The van der Waals surface area contributed by atoms with E-state index >= 15 is 0 Å². The molecule has 0 spiro atoms. The van der Waals surface area contributed by atoms with E-state index in [1.165, 1.54) is 11.1 Å². The van der Waals surface area contributed by atoms with Crippen molar-refractivity contribution >= 4 is 0 Å². The summed E-state index contributed by atoms with van der Waals surface area (Å²) in [6, 6.07) is 8.57. The van der Waals surface area contributed by atoms with Crippen LogP contribution in [0.5, 0.6) is 5.75 Å². The zero-order chi connectivity index (χ0) is 14.5. The highest BCUT2D eigenvalue weighted by Gasteiger charge is 2.21. The number of nitrogens with one attached hydrogen (secondary N) is 1. The number of ether oxygens (including phenoxy) is 1. The average Bonchev–Trinajstić information content (AvgIpc) is 2.38. The van der Waals surface area contributed by atoms with Crippen LogP contribution in [0.4, 0.5) is 0 Å². The summed E-state index contributed by atoms with van der Waals surface area (Å²) >= 11 is 0. The van der Waals surface area contributed by atoms with E-state index in [1.807, 2.05) is 6.92 Å². The van der Waals surface area contributed by atoms with Crippen LogP contribution in [-0.2, 0) is 0 Å². The van der Waals surface area contributed by atoms with Crippen LogP contribution in [0.2, 0.25) is 0 Å². The van der Waals surface area contributed by atoms with Gasteiger partial charge in [0.05, 0.1) is 12.7 Å². The number of benzene rings is 1. The molecule has 104 valence electrons. The minimum Gasteiger partial charge on any atom is -0.493 e. The summed E-state index contributed by atoms with van der Waals surface area (Å²) in [5, 5.41) is 12.1. The maximum atomic E-state index is 9.10. The van der Waals surface area contributed by atoms with Crippen molar-refractivity contribution in [1.82, 2.24) is 5.32 Å². The topological polar surface area (TPSA) is 45.0 Å². The molecule has 1 aromatic carbocycles. The fourth-order valence-electron chi connectivity index (χ4n) is 1.85. The molecule has 0 saturated carbocycles. The van der Waals surface area contributed by atoms with Crippen LogP contribution >= 0.6 is 0 Å². The summed E-state index contributed by atoms with van der Waals surface area (Å²) in [6.07, 6.45) is 0.658. The molecule has 3 heteroatoms. The quantitative estimate of drug-likeness (QED) is 0.852. The van der Waals surface area contributed by atoms with Gasteiger partial charge in [-0.15, -0.1) is 0 Å². The number of hydrogen-bond acceptors (Lipinski definition) is 3. The first kappa shape index (κ1) is 15.5. The molecule has 0 saturated heterocycles. The van der Waals surface area contributed by atoms with E-state index in [0.29, 0.717) is 18.9 Å². The van der Waals surface area contributed by atoms with Crippen molar-refractivity contribution in [3.8, 4) is 11.8 Å². The zero-order valence-electron chi connectivity index (χ0n) is 12.6. The molecule has 0 aliphatic rings. The molecule has 1 atom stereocenters. The second kappa shape index (κ2) is 6.58. The molecule has 0 fully saturated rings. The summed E-state index contributed by atoms with van der Waals surface area (Å²) in [7, 11) is 1.80. The molecule has 3 nitrogen and oxygen atoms in total. The van der Waals surface area contributed by atoms with Crippen molar-refractivity contribution in [2.75, 3.05) is 13.7 Å². The molecule has 1 aromatic rings. The van der Waals surface area contributed by atoms with Crippen molar-refractivity contribution < 1.29 is 4.74 Å². The Morgan fingerprint density at radius 1 is 1.42 bits per heavy atom. The van der Waals surface area contributed by atoms with E-state index in [1.54, 1.807) is 7.05 Å². The number of nitriles is 1. The minimum atomic E-state index is -0.526. The first-order valence-corrected chi connectivity index (χ1v) is 6.75. The van der Waals surface area contributed by atoms with Crippen LogP contribution in [0.15, 0.2) is 18.2 Å². The minimum absolute atomic E-state index is 0.433. The van der Waals surface area contributed by atoms with Gasteiger partial charge in [0.15, 0.2) is 0 Å². The molecule has 0 bridgehead atoms. The Bertz CT molecular complexity index is 462. The van der Waals surface area contributed by atoms with Crippen LogP contribution in [0.25, 0.3) is 0 Å². The fraction of sp³-hybridized carbons (Fsp3) is 0.562. The van der Waals surface area contributed by atoms with Crippen LogP contribution in [-0.4, -0.2) is 19.2 Å². The highest BCUT2D eigenvalue weighted by atomic mass is 16.5. The van der Waals surface area contributed by atoms with E-state index < -0.39 is 5.54 Å². The Balaban J connectivity index is 2.73. The Morgan fingerprint density at radius 2 is 2.11 bits per heavy atom. The summed E-state index contributed by atoms with van der Waals surface area (Å²) < 4.78 is 5.89. The van der Waals surface area contributed by atoms with Crippen molar-refractivity contribution in [1.29, 1.82) is 5.26 Å². The number of rotatable bonds is 6. The van der Waals surface area contributed by atoms with Gasteiger partial charge < -0.3 is 10.1 Å². The predicted molar refractivity (Wildman–Crippen MR) is 78.5 cm³/mol. The van der Waals surface area contributed by atoms with Gasteiger partial charge in [0.1, 0.15) is 11.3 Å². The molecule has 19 heavy (non-hydrogen) atoms. The van der Waals surface area contributed by atoms with Crippen LogP contribution < -0.4 is 10.1 Å². The van der Waals surface area contributed by atoms with Gasteiger partial charge in [-0.3, -0.25) is 0 Å².